The summed E-state index contributed by atoms with van der Waals surface area (Å²) in [4.78, 5) is 29.3. The molecule has 1 aromatic carbocycles. The summed E-state index contributed by atoms with van der Waals surface area (Å²) >= 11 is 0. The molecular weight excluding hydrogens is 299 g/mol. The van der Waals surface area contributed by atoms with Crippen LogP contribution >= 0.6 is 8.38 Å². The van der Waals surface area contributed by atoms with Crippen LogP contribution in [0.1, 0.15) is 12.0 Å². The molecule has 0 spiro atoms. The first-order valence-electron chi connectivity index (χ1n) is 6.97. The Labute approximate surface area is 129 Å². The number of aromatic nitrogens is 3. The lowest BCUT2D eigenvalue weighted by Crippen LogP contribution is -1.93. The Kier molecular flexibility index (Phi) is 4.34. The molecule has 0 atom stereocenters. The second-order valence-electron chi connectivity index (χ2n) is 5.08. The molecule has 0 aliphatic heterocycles. The molecule has 2 aromatic heterocycles. The van der Waals surface area contributed by atoms with Gasteiger partial charge in [-0.25, -0.2) is 9.97 Å². The second-order valence-corrected chi connectivity index (χ2v) is 6.28. The Balaban J connectivity index is 1.91. The van der Waals surface area contributed by atoms with E-state index < -0.39 is 8.38 Å². The highest BCUT2D eigenvalue weighted by Gasteiger charge is 2.11. The van der Waals surface area contributed by atoms with Gasteiger partial charge in [-0.2, -0.15) is 0 Å². The van der Waals surface area contributed by atoms with E-state index in [4.69, 9.17) is 15.5 Å². The van der Waals surface area contributed by atoms with Gasteiger partial charge in [-0.3, -0.25) is 0 Å². The van der Waals surface area contributed by atoms with Crippen molar-refractivity contribution >= 4 is 25.2 Å². The molecule has 0 aliphatic rings. The van der Waals surface area contributed by atoms with Gasteiger partial charge in [0.2, 0.25) is 0 Å². The lowest BCUT2D eigenvalue weighted by atomic mass is 10.0. The molecule has 5 N–H and O–H groups in total. The molecule has 22 heavy (non-hydrogen) atoms. The van der Waals surface area contributed by atoms with E-state index in [2.05, 4.69) is 21.0 Å². The fraction of sp³-hybridized carbons (Fsp3) is 0.200. The van der Waals surface area contributed by atoms with Gasteiger partial charge in [0.15, 0.2) is 8.38 Å². The number of nitrogens with zero attached hydrogens (tertiary/aromatic N) is 2. The average molecular weight is 316 g/mol. The van der Waals surface area contributed by atoms with Crippen molar-refractivity contribution in [3.05, 3.63) is 42.4 Å². The number of H-pyrrole nitrogens is 1. The first kappa shape index (κ1) is 14.9. The Hall–Kier alpha value is -2.01. The van der Waals surface area contributed by atoms with E-state index in [1.54, 1.807) is 0 Å². The van der Waals surface area contributed by atoms with Crippen LogP contribution < -0.4 is 5.73 Å². The Morgan fingerprint density at radius 1 is 1.23 bits per heavy atom. The van der Waals surface area contributed by atoms with Crippen LogP contribution in [-0.4, -0.2) is 30.9 Å². The number of fused-ring (bicyclic) bond motifs is 1. The minimum Gasteiger partial charge on any atom is -0.383 e. The fourth-order valence-electron chi connectivity index (χ4n) is 2.53. The number of anilines is 1. The fourth-order valence-corrected chi connectivity index (χ4v) is 2.97. The van der Waals surface area contributed by atoms with E-state index >= 15 is 0 Å². The summed E-state index contributed by atoms with van der Waals surface area (Å²) in [5.74, 6) is 0.456. The molecule has 0 bridgehead atoms. The topological polar surface area (TPSA) is 108 Å². The number of aryl methyl sites for hydroxylation is 1. The monoisotopic (exact) mass is 316 g/mol. The van der Waals surface area contributed by atoms with Crippen molar-refractivity contribution in [2.75, 3.05) is 11.9 Å². The Bertz CT molecular complexity index is 788. The Morgan fingerprint density at radius 2 is 2.09 bits per heavy atom. The first-order valence-corrected chi connectivity index (χ1v) is 8.40. The third kappa shape index (κ3) is 3.09. The maximum absolute atomic E-state index is 8.97. The van der Waals surface area contributed by atoms with Crippen LogP contribution in [0.5, 0.6) is 0 Å². The van der Waals surface area contributed by atoms with Crippen molar-refractivity contribution in [3.63, 3.8) is 0 Å². The molecule has 3 rings (SSSR count). The van der Waals surface area contributed by atoms with Crippen molar-refractivity contribution < 1.29 is 9.79 Å². The number of hydrogen-bond acceptors (Lipinski definition) is 5. The number of nitrogens with two attached hydrogens (primary N) is 1. The third-order valence-corrected chi connectivity index (χ3v) is 4.28. The standard InChI is InChI=1S/C15H17N4O2P/c16-14-13-12(8-17-15(13)19-9-18-14)11-5-1-3-10(7-11)4-2-6-22(20)21/h1,3,5,7-9,20-21H,2,4,6H2,(H3,16,17,18,19). The quantitative estimate of drug-likeness (QED) is 0.541. The van der Waals surface area contributed by atoms with Gasteiger partial charge in [0.25, 0.3) is 0 Å². The number of nitrogens with one attached hydrogen (secondary N) is 1. The summed E-state index contributed by atoms with van der Waals surface area (Å²) in [6.07, 6.45) is 5.32. The summed E-state index contributed by atoms with van der Waals surface area (Å²) in [7, 11) is -1.81. The van der Waals surface area contributed by atoms with Crippen LogP contribution in [0.3, 0.4) is 0 Å². The SMILES string of the molecule is Nc1ncnc2[nH]cc(-c3cccc(CCCP(O)O)c3)c12. The maximum atomic E-state index is 8.97. The zero-order chi connectivity index (χ0) is 15.5. The van der Waals surface area contributed by atoms with E-state index in [9.17, 15) is 0 Å². The van der Waals surface area contributed by atoms with Crippen LogP contribution in [0.15, 0.2) is 36.8 Å². The molecule has 0 unspecified atom stereocenters. The molecule has 3 aromatic rings. The van der Waals surface area contributed by atoms with Gasteiger partial charge in [-0.1, -0.05) is 24.3 Å². The molecule has 2 heterocycles. The Morgan fingerprint density at radius 3 is 2.91 bits per heavy atom. The molecule has 0 saturated heterocycles. The molecule has 0 amide bonds. The van der Waals surface area contributed by atoms with E-state index in [1.807, 2.05) is 24.4 Å². The largest absolute Gasteiger partial charge is 0.383 e. The first-order chi connectivity index (χ1) is 10.6. The highest BCUT2D eigenvalue weighted by Crippen LogP contribution is 2.31. The second kappa shape index (κ2) is 6.40. The van der Waals surface area contributed by atoms with Crippen molar-refractivity contribution in [1.29, 1.82) is 0 Å². The van der Waals surface area contributed by atoms with Gasteiger partial charge in [-0.15, -0.1) is 0 Å². The summed E-state index contributed by atoms with van der Waals surface area (Å²) < 4.78 is 0. The van der Waals surface area contributed by atoms with Gasteiger partial charge in [-0.05, 0) is 24.0 Å². The molecule has 0 fully saturated rings. The van der Waals surface area contributed by atoms with Crippen molar-refractivity contribution in [2.45, 2.75) is 12.8 Å². The maximum Gasteiger partial charge on any atom is 0.164 e. The van der Waals surface area contributed by atoms with Crippen molar-refractivity contribution in [1.82, 2.24) is 15.0 Å². The van der Waals surface area contributed by atoms with Crippen LogP contribution in [-0.2, 0) is 6.42 Å². The van der Waals surface area contributed by atoms with Crippen LogP contribution in [0.25, 0.3) is 22.2 Å². The molecular formula is C15H17N4O2P. The summed E-state index contributed by atoms with van der Waals surface area (Å²) in [6.45, 7) is 0. The molecule has 6 nitrogen and oxygen atoms in total. The van der Waals surface area contributed by atoms with E-state index in [0.29, 0.717) is 12.0 Å². The summed E-state index contributed by atoms with van der Waals surface area (Å²) in [5.41, 5.74) is 9.85. The zero-order valence-corrected chi connectivity index (χ0v) is 12.8. The average Bonchev–Trinajstić information content (AvgIpc) is 2.93. The number of nitrogen functional groups attached to an aromatic ring is 1. The van der Waals surface area contributed by atoms with E-state index in [1.165, 1.54) is 6.33 Å². The smallest absolute Gasteiger partial charge is 0.164 e. The molecule has 0 radical (unpaired) electrons. The number of benzene rings is 1. The van der Waals surface area contributed by atoms with Crippen molar-refractivity contribution in [2.24, 2.45) is 0 Å². The number of aromatic amines is 1. The van der Waals surface area contributed by atoms with Gasteiger partial charge in [0.05, 0.1) is 5.39 Å². The van der Waals surface area contributed by atoms with Crippen LogP contribution in [0, 0.1) is 0 Å². The minimum absolute atomic E-state index is 0.438. The molecule has 7 heteroatoms. The number of rotatable bonds is 5. The predicted octanol–water partition coefficient (Wildman–Crippen LogP) is 2.44. The van der Waals surface area contributed by atoms with Gasteiger partial charge in [0.1, 0.15) is 17.8 Å². The summed E-state index contributed by atoms with van der Waals surface area (Å²) in [6, 6.07) is 8.13. The summed E-state index contributed by atoms with van der Waals surface area (Å²) in [5, 5.41) is 0.828. The van der Waals surface area contributed by atoms with Crippen molar-refractivity contribution in [3.8, 4) is 11.1 Å². The minimum atomic E-state index is -1.81. The van der Waals surface area contributed by atoms with E-state index in [0.717, 1.165) is 40.6 Å². The van der Waals surface area contributed by atoms with Crippen LogP contribution in [0.2, 0.25) is 0 Å². The lowest BCUT2D eigenvalue weighted by molar-refractivity contribution is 0.480. The van der Waals surface area contributed by atoms with Crippen LogP contribution in [0.4, 0.5) is 5.82 Å². The van der Waals surface area contributed by atoms with Gasteiger partial charge in [0, 0.05) is 17.9 Å². The number of hydrogen-bond donors (Lipinski definition) is 4. The highest BCUT2D eigenvalue weighted by atomic mass is 31.2. The molecule has 0 aliphatic carbocycles. The normalized spacial score (nSPS) is 11.4. The highest BCUT2D eigenvalue weighted by molar-refractivity contribution is 7.45. The van der Waals surface area contributed by atoms with E-state index in [-0.39, 0.29) is 0 Å². The predicted molar refractivity (Wildman–Crippen MR) is 88.3 cm³/mol. The third-order valence-electron chi connectivity index (χ3n) is 3.56. The lowest BCUT2D eigenvalue weighted by Gasteiger charge is -2.06. The molecule has 114 valence electrons. The zero-order valence-electron chi connectivity index (χ0n) is 11.9. The van der Waals surface area contributed by atoms with Gasteiger partial charge >= 0.3 is 0 Å². The molecule has 0 saturated carbocycles. The van der Waals surface area contributed by atoms with Gasteiger partial charge < -0.3 is 20.5 Å².